The standard InChI is InChI=1S/C32H32F2N6O2/c33-23-4-6-27(35-19-23)17-29(41)12-8-25-10-14-31(39-37-25)21-2-1-3-22(16-21)32-15-11-26(38-40-32)9-13-30(42)18-28-7-5-24(34)20-36-28/h4-7,10-11,14-15,19-22H,1-3,8-9,12-13,16-18H2/t21-,22-/m0/s1. The molecule has 4 aromatic rings. The molecule has 0 saturated heterocycles. The Balaban J connectivity index is 1.08. The zero-order chi connectivity index (χ0) is 29.3. The SMILES string of the molecule is O=C(CCc1ccc([C@H]2CCC[C@H](c3ccc(CCC(=O)Cc4ccc(F)cn4)nn3)C2)nn1)Cc1ccc(F)cn1. The molecule has 0 aromatic carbocycles. The lowest BCUT2D eigenvalue weighted by Gasteiger charge is -2.28. The van der Waals surface area contributed by atoms with Gasteiger partial charge in [-0.1, -0.05) is 6.42 Å². The number of halogens is 2. The van der Waals surface area contributed by atoms with E-state index in [0.717, 1.165) is 60.9 Å². The van der Waals surface area contributed by atoms with Crippen molar-refractivity contribution in [3.8, 4) is 0 Å². The van der Waals surface area contributed by atoms with Crippen molar-refractivity contribution in [2.24, 2.45) is 0 Å². The van der Waals surface area contributed by atoms with Gasteiger partial charge in [0.2, 0.25) is 0 Å². The summed E-state index contributed by atoms with van der Waals surface area (Å²) in [5.74, 6) is -0.245. The Hall–Kier alpha value is -4.34. The molecule has 0 aliphatic heterocycles. The van der Waals surface area contributed by atoms with Crippen molar-refractivity contribution in [1.29, 1.82) is 0 Å². The van der Waals surface area contributed by atoms with Crippen molar-refractivity contribution in [3.63, 3.8) is 0 Å². The third-order valence-corrected chi connectivity index (χ3v) is 7.65. The topological polar surface area (TPSA) is 111 Å². The minimum atomic E-state index is -0.420. The fourth-order valence-electron chi connectivity index (χ4n) is 5.31. The number of hydrogen-bond acceptors (Lipinski definition) is 8. The smallest absolute Gasteiger partial charge is 0.141 e. The van der Waals surface area contributed by atoms with Crippen LogP contribution in [0.4, 0.5) is 8.78 Å². The first-order valence-electron chi connectivity index (χ1n) is 14.3. The Bertz CT molecular complexity index is 1370. The van der Waals surface area contributed by atoms with Gasteiger partial charge in [0.25, 0.3) is 0 Å². The molecule has 0 N–H and O–H groups in total. The Labute approximate surface area is 243 Å². The van der Waals surface area contributed by atoms with Gasteiger partial charge in [0, 0.05) is 48.9 Å². The Morgan fingerprint density at radius 1 is 0.619 bits per heavy atom. The van der Waals surface area contributed by atoms with E-state index in [1.54, 1.807) is 0 Å². The minimum Gasteiger partial charge on any atom is -0.299 e. The zero-order valence-corrected chi connectivity index (χ0v) is 23.3. The number of pyridine rings is 2. The fraction of sp³-hybridized carbons (Fsp3) is 0.375. The quantitative estimate of drug-likeness (QED) is 0.227. The number of rotatable bonds is 12. The number of carbonyl (C=O) groups is 2. The van der Waals surface area contributed by atoms with Crippen LogP contribution in [0.15, 0.2) is 60.9 Å². The van der Waals surface area contributed by atoms with Crippen molar-refractivity contribution in [3.05, 3.63) is 107 Å². The highest BCUT2D eigenvalue weighted by Gasteiger charge is 2.27. The van der Waals surface area contributed by atoms with E-state index < -0.39 is 11.6 Å². The summed E-state index contributed by atoms with van der Waals surface area (Å²) < 4.78 is 26.0. The first-order chi connectivity index (χ1) is 20.4. The van der Waals surface area contributed by atoms with E-state index >= 15 is 0 Å². The largest absolute Gasteiger partial charge is 0.299 e. The average molecular weight is 571 g/mol. The van der Waals surface area contributed by atoms with Crippen LogP contribution in [0.25, 0.3) is 0 Å². The fourth-order valence-corrected chi connectivity index (χ4v) is 5.31. The molecule has 2 atom stereocenters. The number of aromatic nitrogens is 6. The van der Waals surface area contributed by atoms with Crippen molar-refractivity contribution < 1.29 is 18.4 Å². The van der Waals surface area contributed by atoms with Crippen molar-refractivity contribution in [2.45, 2.75) is 76.0 Å². The van der Waals surface area contributed by atoms with E-state index in [0.29, 0.717) is 37.1 Å². The Kier molecular flexibility index (Phi) is 9.74. The van der Waals surface area contributed by atoms with Crippen LogP contribution in [0.1, 0.15) is 84.5 Å². The van der Waals surface area contributed by atoms with Gasteiger partial charge in [-0.2, -0.15) is 20.4 Å². The normalized spacial score (nSPS) is 16.7. The van der Waals surface area contributed by atoms with Crippen molar-refractivity contribution in [1.82, 2.24) is 30.4 Å². The third-order valence-electron chi connectivity index (χ3n) is 7.65. The van der Waals surface area contributed by atoms with Crippen LogP contribution in [-0.4, -0.2) is 41.9 Å². The molecule has 4 heterocycles. The van der Waals surface area contributed by atoms with Crippen LogP contribution in [0.2, 0.25) is 0 Å². The summed E-state index contributed by atoms with van der Waals surface area (Å²) in [5.41, 5.74) is 4.54. The maximum Gasteiger partial charge on any atom is 0.141 e. The second-order valence-corrected chi connectivity index (χ2v) is 10.8. The molecular formula is C32H32F2N6O2. The number of aryl methyl sites for hydroxylation is 2. The van der Waals surface area contributed by atoms with Gasteiger partial charge in [-0.3, -0.25) is 19.6 Å². The second kappa shape index (κ2) is 14.0. The summed E-state index contributed by atoms with van der Waals surface area (Å²) in [6.07, 6.45) is 8.26. The number of Topliss-reactive ketones (excluding diaryl/α,β-unsaturated/α-hetero) is 2. The molecule has 0 unspecified atom stereocenters. The lowest BCUT2D eigenvalue weighted by Crippen LogP contribution is -2.16. The minimum absolute atomic E-state index is 0.0242. The van der Waals surface area contributed by atoms with E-state index in [9.17, 15) is 18.4 Å². The first kappa shape index (κ1) is 29.2. The van der Waals surface area contributed by atoms with Crippen LogP contribution in [0, 0.1) is 11.6 Å². The van der Waals surface area contributed by atoms with Crippen LogP contribution in [-0.2, 0) is 35.3 Å². The molecule has 10 heteroatoms. The number of nitrogens with zero attached hydrogens (tertiary/aromatic N) is 6. The van der Waals surface area contributed by atoms with E-state index in [2.05, 4.69) is 30.4 Å². The molecular weight excluding hydrogens is 538 g/mol. The van der Waals surface area contributed by atoms with Gasteiger partial charge in [0.05, 0.1) is 35.2 Å². The Morgan fingerprint density at radius 3 is 1.45 bits per heavy atom. The molecule has 1 aliphatic rings. The summed E-state index contributed by atoms with van der Waals surface area (Å²) in [7, 11) is 0. The summed E-state index contributed by atoms with van der Waals surface area (Å²) in [4.78, 5) is 32.5. The lowest BCUT2D eigenvalue weighted by molar-refractivity contribution is -0.119. The van der Waals surface area contributed by atoms with Crippen LogP contribution < -0.4 is 0 Å². The second-order valence-electron chi connectivity index (χ2n) is 10.8. The van der Waals surface area contributed by atoms with Crippen LogP contribution in [0.3, 0.4) is 0 Å². The average Bonchev–Trinajstić information content (AvgIpc) is 3.02. The molecule has 5 rings (SSSR count). The number of carbonyl (C=O) groups excluding carboxylic acids is 2. The summed E-state index contributed by atoms with van der Waals surface area (Å²) in [5, 5.41) is 17.7. The van der Waals surface area contributed by atoms with Gasteiger partial charge in [-0.05, 0) is 80.6 Å². The molecule has 42 heavy (non-hydrogen) atoms. The molecule has 0 amide bonds. The predicted molar refractivity (Wildman–Crippen MR) is 150 cm³/mol. The molecule has 4 aromatic heterocycles. The molecule has 1 fully saturated rings. The molecule has 216 valence electrons. The van der Waals surface area contributed by atoms with E-state index in [4.69, 9.17) is 0 Å². The monoisotopic (exact) mass is 570 g/mol. The van der Waals surface area contributed by atoms with Gasteiger partial charge in [0.1, 0.15) is 23.2 Å². The van der Waals surface area contributed by atoms with Crippen molar-refractivity contribution >= 4 is 11.6 Å². The van der Waals surface area contributed by atoms with Crippen LogP contribution >= 0.6 is 0 Å². The van der Waals surface area contributed by atoms with Gasteiger partial charge < -0.3 is 0 Å². The van der Waals surface area contributed by atoms with E-state index in [1.807, 2.05) is 24.3 Å². The molecule has 1 aliphatic carbocycles. The maximum atomic E-state index is 13.0. The van der Waals surface area contributed by atoms with Gasteiger partial charge in [-0.15, -0.1) is 0 Å². The summed E-state index contributed by atoms with van der Waals surface area (Å²) in [6.45, 7) is 0. The van der Waals surface area contributed by atoms with E-state index in [1.165, 1.54) is 24.3 Å². The lowest BCUT2D eigenvalue weighted by atomic mass is 9.78. The third kappa shape index (κ3) is 8.34. The summed E-state index contributed by atoms with van der Waals surface area (Å²) in [6, 6.07) is 13.6. The van der Waals surface area contributed by atoms with Crippen LogP contribution in [0.5, 0.6) is 0 Å². The van der Waals surface area contributed by atoms with Gasteiger partial charge in [-0.25, -0.2) is 8.78 Å². The first-order valence-corrected chi connectivity index (χ1v) is 14.3. The highest BCUT2D eigenvalue weighted by atomic mass is 19.1. The molecule has 0 bridgehead atoms. The number of hydrogen-bond donors (Lipinski definition) is 0. The Morgan fingerprint density at radius 2 is 1.07 bits per heavy atom. The zero-order valence-electron chi connectivity index (χ0n) is 23.3. The molecule has 1 saturated carbocycles. The predicted octanol–water partition coefficient (Wildman–Crippen LogP) is 5.27. The highest BCUT2D eigenvalue weighted by molar-refractivity contribution is 5.81. The van der Waals surface area contributed by atoms with Gasteiger partial charge in [0.15, 0.2) is 0 Å². The summed E-state index contributed by atoms with van der Waals surface area (Å²) >= 11 is 0. The molecule has 0 radical (unpaired) electrons. The van der Waals surface area contributed by atoms with E-state index in [-0.39, 0.29) is 36.2 Å². The van der Waals surface area contributed by atoms with Gasteiger partial charge >= 0.3 is 0 Å². The maximum absolute atomic E-state index is 13.0. The van der Waals surface area contributed by atoms with Crippen molar-refractivity contribution in [2.75, 3.05) is 0 Å². The number of ketones is 2. The highest BCUT2D eigenvalue weighted by Crippen LogP contribution is 2.39. The molecule has 8 nitrogen and oxygen atoms in total. The molecule has 0 spiro atoms.